The Bertz CT molecular complexity index is 631. The summed E-state index contributed by atoms with van der Waals surface area (Å²) in [6, 6.07) is 4.72. The molecule has 1 rings (SSSR count). The summed E-state index contributed by atoms with van der Waals surface area (Å²) >= 11 is 0. The molecule has 0 saturated heterocycles. The van der Waals surface area contributed by atoms with Gasteiger partial charge in [0.2, 0.25) is 0 Å². The summed E-state index contributed by atoms with van der Waals surface area (Å²) < 4.78 is 19.5. The molecule has 0 atom stereocenters. The highest BCUT2D eigenvalue weighted by atomic mass is 19.1. The van der Waals surface area contributed by atoms with Gasteiger partial charge in [-0.15, -0.1) is 6.58 Å². The van der Waals surface area contributed by atoms with Gasteiger partial charge in [-0.05, 0) is 50.9 Å². The third kappa shape index (κ3) is 9.94. The smallest absolute Gasteiger partial charge is 0.165 e. The van der Waals surface area contributed by atoms with Crippen molar-refractivity contribution >= 4 is 5.78 Å². The van der Waals surface area contributed by atoms with Crippen LogP contribution in [0.25, 0.3) is 0 Å². The van der Waals surface area contributed by atoms with Crippen molar-refractivity contribution in [3.05, 3.63) is 66.0 Å². The first-order chi connectivity index (χ1) is 12.5. The van der Waals surface area contributed by atoms with Gasteiger partial charge in [0.15, 0.2) is 11.6 Å². The summed E-state index contributed by atoms with van der Waals surface area (Å²) in [5.74, 6) is -0.116. The maximum Gasteiger partial charge on any atom is 0.165 e. The first-order valence-electron chi connectivity index (χ1n) is 9.05. The van der Waals surface area contributed by atoms with Crippen LogP contribution in [0.3, 0.4) is 0 Å². The van der Waals surface area contributed by atoms with Crippen molar-refractivity contribution in [1.82, 2.24) is 5.32 Å². The number of carbonyl (C=O) groups is 1. The van der Waals surface area contributed by atoms with Crippen LogP contribution in [0.4, 0.5) is 4.39 Å². The van der Waals surface area contributed by atoms with Crippen LogP contribution in [0.5, 0.6) is 5.75 Å². The van der Waals surface area contributed by atoms with Crippen molar-refractivity contribution in [2.75, 3.05) is 19.7 Å². The molecule has 0 amide bonds. The van der Waals surface area contributed by atoms with Gasteiger partial charge >= 0.3 is 0 Å². The van der Waals surface area contributed by atoms with Crippen LogP contribution in [0.2, 0.25) is 0 Å². The zero-order valence-corrected chi connectivity index (χ0v) is 15.9. The lowest BCUT2D eigenvalue weighted by Gasteiger charge is -2.07. The predicted molar refractivity (Wildman–Crippen MR) is 106 cm³/mol. The number of nitrogens with one attached hydrogen (secondary N) is 1. The fraction of sp³-hybridized carbons (Fsp3) is 0.409. The number of ketones is 1. The molecule has 0 aliphatic heterocycles. The van der Waals surface area contributed by atoms with Gasteiger partial charge in [0.1, 0.15) is 12.4 Å². The second-order valence-electron chi connectivity index (χ2n) is 6.36. The number of allylic oxidation sites excluding steroid dienone is 2. The van der Waals surface area contributed by atoms with Crippen LogP contribution in [0, 0.1) is 5.82 Å². The van der Waals surface area contributed by atoms with Crippen molar-refractivity contribution in [2.45, 2.75) is 39.5 Å². The van der Waals surface area contributed by atoms with Crippen LogP contribution in [-0.2, 0) is 11.2 Å². The topological polar surface area (TPSA) is 38.3 Å². The molecule has 142 valence electrons. The van der Waals surface area contributed by atoms with Gasteiger partial charge in [0.05, 0.1) is 0 Å². The van der Waals surface area contributed by atoms with Crippen LogP contribution in [-0.4, -0.2) is 25.5 Å². The zero-order valence-electron chi connectivity index (χ0n) is 15.9. The van der Waals surface area contributed by atoms with E-state index in [1.165, 1.54) is 11.6 Å². The minimum Gasteiger partial charge on any atom is -0.486 e. The van der Waals surface area contributed by atoms with E-state index in [9.17, 15) is 9.18 Å². The molecule has 0 spiro atoms. The van der Waals surface area contributed by atoms with Crippen molar-refractivity contribution in [1.29, 1.82) is 0 Å². The lowest BCUT2D eigenvalue weighted by molar-refractivity contribution is -0.118. The van der Waals surface area contributed by atoms with E-state index in [0.29, 0.717) is 18.6 Å². The first kappa shape index (κ1) is 21.8. The fourth-order valence-electron chi connectivity index (χ4n) is 2.29. The third-order valence-corrected chi connectivity index (χ3v) is 3.66. The average Bonchev–Trinajstić information content (AvgIpc) is 2.58. The van der Waals surface area contributed by atoms with E-state index in [4.69, 9.17) is 4.74 Å². The molecule has 0 aliphatic rings. The van der Waals surface area contributed by atoms with E-state index in [-0.39, 0.29) is 18.0 Å². The standard InChI is InChI=1S/C22H30FNO2/c1-4-5-13-24-14-6-7-15-26-22-12-11-19(17-21(22)23)16-20(25)10-8-9-18(2)3/h4,6-7,9,11-12,17,24H,1,5,8,10,13-16H2,2-3H3. The fourth-order valence-corrected chi connectivity index (χ4v) is 2.29. The van der Waals surface area contributed by atoms with Gasteiger partial charge in [0, 0.05) is 19.4 Å². The minimum absolute atomic E-state index is 0.113. The zero-order chi connectivity index (χ0) is 19.2. The molecule has 1 aromatic rings. The molecule has 1 N–H and O–H groups in total. The number of hydrogen-bond acceptors (Lipinski definition) is 3. The SMILES string of the molecule is C=CCCNCC=CCOc1ccc(CC(=O)CCC=C(C)C)cc1F. The Morgan fingerprint density at radius 3 is 2.77 bits per heavy atom. The van der Waals surface area contributed by atoms with E-state index >= 15 is 0 Å². The van der Waals surface area contributed by atoms with Crippen LogP contribution in [0.15, 0.2) is 54.7 Å². The van der Waals surface area contributed by atoms with E-state index in [1.807, 2.05) is 38.2 Å². The molecule has 26 heavy (non-hydrogen) atoms. The average molecular weight is 359 g/mol. The molecule has 1 aromatic carbocycles. The largest absolute Gasteiger partial charge is 0.486 e. The van der Waals surface area contributed by atoms with Crippen LogP contribution < -0.4 is 10.1 Å². The molecule has 4 heteroatoms. The summed E-state index contributed by atoms with van der Waals surface area (Å²) in [5, 5.41) is 3.22. The molecule has 3 nitrogen and oxygen atoms in total. The Hall–Kier alpha value is -2.20. The second kappa shape index (κ2) is 13.1. The molecule has 0 bridgehead atoms. The van der Waals surface area contributed by atoms with Crippen LogP contribution in [0.1, 0.15) is 38.7 Å². The van der Waals surface area contributed by atoms with E-state index < -0.39 is 5.82 Å². The highest BCUT2D eigenvalue weighted by molar-refractivity contribution is 5.81. The lowest BCUT2D eigenvalue weighted by atomic mass is 10.0. The number of carbonyl (C=O) groups excluding carboxylic acids is 1. The van der Waals surface area contributed by atoms with Crippen molar-refractivity contribution in [2.24, 2.45) is 0 Å². The van der Waals surface area contributed by atoms with Crippen molar-refractivity contribution in [3.63, 3.8) is 0 Å². The molecular weight excluding hydrogens is 329 g/mol. The van der Waals surface area contributed by atoms with Gasteiger partial charge in [-0.2, -0.15) is 0 Å². The Morgan fingerprint density at radius 1 is 1.27 bits per heavy atom. The maximum absolute atomic E-state index is 14.1. The second-order valence-corrected chi connectivity index (χ2v) is 6.36. The number of hydrogen-bond donors (Lipinski definition) is 1. The number of Topliss-reactive ketones (excluding diaryl/α,β-unsaturated/α-hetero) is 1. The normalized spacial score (nSPS) is 10.7. The highest BCUT2D eigenvalue weighted by Gasteiger charge is 2.08. The predicted octanol–water partition coefficient (Wildman–Crippen LogP) is 4.78. The van der Waals surface area contributed by atoms with E-state index in [1.54, 1.807) is 12.1 Å². The Morgan fingerprint density at radius 2 is 2.08 bits per heavy atom. The van der Waals surface area contributed by atoms with Gasteiger partial charge in [-0.25, -0.2) is 4.39 Å². The van der Waals surface area contributed by atoms with Crippen LogP contribution >= 0.6 is 0 Å². The minimum atomic E-state index is -0.433. The molecule has 0 fully saturated rings. The molecular formula is C22H30FNO2. The Balaban J connectivity index is 2.37. The lowest BCUT2D eigenvalue weighted by Crippen LogP contribution is -2.14. The molecule has 0 heterocycles. The van der Waals surface area contributed by atoms with Gasteiger partial charge in [0.25, 0.3) is 0 Å². The Kier molecular flexibility index (Phi) is 11.0. The molecule has 0 aliphatic carbocycles. The summed E-state index contributed by atoms with van der Waals surface area (Å²) in [7, 11) is 0. The monoisotopic (exact) mass is 359 g/mol. The maximum atomic E-state index is 14.1. The van der Waals surface area contributed by atoms with Gasteiger partial charge < -0.3 is 10.1 Å². The Labute approximate surface area is 156 Å². The number of rotatable bonds is 13. The summed E-state index contributed by atoms with van der Waals surface area (Å²) in [4.78, 5) is 11.9. The molecule has 0 radical (unpaired) electrons. The molecule has 0 saturated carbocycles. The summed E-state index contributed by atoms with van der Waals surface area (Å²) in [6.45, 7) is 9.61. The number of ether oxygens (including phenoxy) is 1. The highest BCUT2D eigenvalue weighted by Crippen LogP contribution is 2.19. The van der Waals surface area contributed by atoms with E-state index in [0.717, 1.165) is 25.9 Å². The first-order valence-corrected chi connectivity index (χ1v) is 9.05. The molecule has 0 aromatic heterocycles. The molecule has 0 unspecified atom stereocenters. The van der Waals surface area contributed by atoms with Crippen molar-refractivity contribution < 1.29 is 13.9 Å². The van der Waals surface area contributed by atoms with Gasteiger partial charge in [-0.3, -0.25) is 4.79 Å². The van der Waals surface area contributed by atoms with E-state index in [2.05, 4.69) is 11.9 Å². The van der Waals surface area contributed by atoms with Gasteiger partial charge in [-0.1, -0.05) is 35.9 Å². The number of benzene rings is 1. The quantitative estimate of drug-likeness (QED) is 0.407. The summed E-state index contributed by atoms with van der Waals surface area (Å²) in [5.41, 5.74) is 1.88. The summed E-state index contributed by atoms with van der Waals surface area (Å²) in [6.07, 6.45) is 10.1. The third-order valence-electron chi connectivity index (χ3n) is 3.66. The van der Waals surface area contributed by atoms with Crippen molar-refractivity contribution in [3.8, 4) is 5.75 Å². The number of halogens is 1.